The van der Waals surface area contributed by atoms with Crippen LogP contribution in [0.15, 0.2) is 54.6 Å². The number of rotatable bonds is 0. The lowest BCUT2D eigenvalue weighted by atomic mass is 9.51. The summed E-state index contributed by atoms with van der Waals surface area (Å²) in [4.78, 5) is 0. The summed E-state index contributed by atoms with van der Waals surface area (Å²) in [5.74, 6) is 0.381. The van der Waals surface area contributed by atoms with Crippen LogP contribution in [0, 0.1) is 20.8 Å². The minimum absolute atomic E-state index is 0.0449. The Morgan fingerprint density at radius 3 is 1.25 bits per heavy atom. The molecule has 118 valence electrons. The number of hydrogen-bond donors (Lipinski definition) is 0. The third-order valence-electron chi connectivity index (χ3n) is 6.35. The van der Waals surface area contributed by atoms with Crippen molar-refractivity contribution in [1.82, 2.24) is 0 Å². The molecule has 0 aliphatic heterocycles. The van der Waals surface area contributed by atoms with Crippen molar-refractivity contribution < 1.29 is 0 Å². The first-order chi connectivity index (χ1) is 11.5. The van der Waals surface area contributed by atoms with Crippen LogP contribution in [0.2, 0.25) is 0 Å². The molecule has 0 heterocycles. The molecule has 0 saturated carbocycles. The molecule has 0 aromatic heterocycles. The topological polar surface area (TPSA) is 0 Å². The molecule has 0 radical (unpaired) electrons. The monoisotopic (exact) mass is 310 g/mol. The van der Waals surface area contributed by atoms with Gasteiger partial charge in [0.05, 0.1) is 0 Å². The number of hydrogen-bond acceptors (Lipinski definition) is 0. The van der Waals surface area contributed by atoms with E-state index >= 15 is 0 Å². The lowest BCUT2D eigenvalue weighted by Crippen LogP contribution is -2.42. The standard InChI is InChI=1S/C24H22/c1-14-8-5-11-17-20-18-12-6-9-15(2)22(18)24(4,21(14)17)23-16(3)10-7-13-19(20)23/h5-13,20H,1-4H3. The van der Waals surface area contributed by atoms with Crippen molar-refractivity contribution >= 4 is 0 Å². The molecule has 0 spiro atoms. The molecule has 0 nitrogen and oxygen atoms in total. The van der Waals surface area contributed by atoms with Crippen LogP contribution in [0.25, 0.3) is 0 Å². The summed E-state index contributed by atoms with van der Waals surface area (Å²) in [6.07, 6.45) is 0. The van der Waals surface area contributed by atoms with Crippen molar-refractivity contribution in [1.29, 1.82) is 0 Å². The van der Waals surface area contributed by atoms with Crippen molar-refractivity contribution in [3.05, 3.63) is 105 Å². The SMILES string of the molecule is Cc1cccc2c1C1(C)c3c(C)cccc3C2c2cccc(C)c21. The largest absolute Gasteiger partial charge is 0.0617 e. The first kappa shape index (κ1) is 14.0. The maximum atomic E-state index is 2.45. The minimum Gasteiger partial charge on any atom is -0.0617 e. The average molecular weight is 310 g/mol. The first-order valence-corrected chi connectivity index (χ1v) is 8.85. The average Bonchev–Trinajstić information content (AvgIpc) is 2.54. The van der Waals surface area contributed by atoms with E-state index in [0.29, 0.717) is 5.92 Å². The van der Waals surface area contributed by atoms with Crippen molar-refractivity contribution in [2.24, 2.45) is 0 Å². The van der Waals surface area contributed by atoms with Crippen molar-refractivity contribution in [3.8, 4) is 0 Å². The molecule has 0 atom stereocenters. The van der Waals surface area contributed by atoms with E-state index in [1.807, 2.05) is 0 Å². The molecule has 3 aromatic carbocycles. The van der Waals surface area contributed by atoms with Crippen LogP contribution in [0.4, 0.5) is 0 Å². The van der Waals surface area contributed by atoms with E-state index in [1.165, 1.54) is 33.4 Å². The van der Waals surface area contributed by atoms with Crippen LogP contribution >= 0.6 is 0 Å². The van der Waals surface area contributed by atoms with Crippen molar-refractivity contribution in [2.45, 2.75) is 39.0 Å². The quantitative estimate of drug-likeness (QED) is 0.494. The van der Waals surface area contributed by atoms with Gasteiger partial charge >= 0.3 is 0 Å². The lowest BCUT2D eigenvalue weighted by Gasteiger charge is -2.51. The Bertz CT molecular complexity index is 877. The zero-order valence-corrected chi connectivity index (χ0v) is 14.8. The molecule has 0 N–H and O–H groups in total. The second-order valence-electron chi connectivity index (χ2n) is 7.68. The highest BCUT2D eigenvalue weighted by atomic mass is 14.5. The maximum Gasteiger partial charge on any atom is 0.0440 e. The van der Waals surface area contributed by atoms with E-state index in [-0.39, 0.29) is 5.41 Å². The Labute approximate surface area is 144 Å². The third-order valence-corrected chi connectivity index (χ3v) is 6.35. The van der Waals surface area contributed by atoms with E-state index < -0.39 is 0 Å². The smallest absolute Gasteiger partial charge is 0.0440 e. The Kier molecular flexibility index (Phi) is 2.57. The van der Waals surface area contributed by atoms with Crippen LogP contribution in [0.5, 0.6) is 0 Å². The predicted octanol–water partition coefficient (Wildman–Crippen LogP) is 5.77. The highest BCUT2D eigenvalue weighted by Crippen LogP contribution is 2.60. The van der Waals surface area contributed by atoms with Gasteiger partial charge in [-0.3, -0.25) is 0 Å². The van der Waals surface area contributed by atoms with Gasteiger partial charge in [-0.05, 0) is 77.8 Å². The van der Waals surface area contributed by atoms with Crippen LogP contribution in [0.3, 0.4) is 0 Å². The van der Waals surface area contributed by atoms with Crippen LogP contribution < -0.4 is 0 Å². The summed E-state index contributed by atoms with van der Waals surface area (Å²) < 4.78 is 0. The second-order valence-corrected chi connectivity index (χ2v) is 7.68. The number of aryl methyl sites for hydroxylation is 3. The zero-order chi connectivity index (χ0) is 16.6. The molecular formula is C24H22. The molecule has 24 heavy (non-hydrogen) atoms. The Morgan fingerprint density at radius 2 is 0.917 bits per heavy atom. The van der Waals surface area contributed by atoms with Crippen LogP contribution in [-0.4, -0.2) is 0 Å². The maximum absolute atomic E-state index is 2.45. The van der Waals surface area contributed by atoms with Crippen molar-refractivity contribution in [3.63, 3.8) is 0 Å². The van der Waals surface area contributed by atoms with Gasteiger partial charge in [-0.25, -0.2) is 0 Å². The molecule has 0 heteroatoms. The van der Waals surface area contributed by atoms with Crippen LogP contribution in [0.1, 0.15) is 62.9 Å². The normalized spacial score (nSPS) is 22.8. The Hall–Kier alpha value is -2.34. The van der Waals surface area contributed by atoms with Gasteiger partial charge in [0.1, 0.15) is 0 Å². The first-order valence-electron chi connectivity index (χ1n) is 8.85. The fraction of sp³-hybridized carbons (Fsp3) is 0.250. The Morgan fingerprint density at radius 1 is 0.583 bits per heavy atom. The van der Waals surface area contributed by atoms with Crippen molar-refractivity contribution in [2.75, 3.05) is 0 Å². The summed E-state index contributed by atoms with van der Waals surface area (Å²) in [5, 5.41) is 0. The predicted molar refractivity (Wildman–Crippen MR) is 100 cm³/mol. The third kappa shape index (κ3) is 1.41. The molecule has 6 rings (SSSR count). The summed E-state index contributed by atoms with van der Waals surface area (Å²) in [6.45, 7) is 9.29. The van der Waals surface area contributed by atoms with Gasteiger partial charge < -0.3 is 0 Å². The van der Waals surface area contributed by atoms with Gasteiger partial charge in [0.25, 0.3) is 0 Å². The summed E-state index contributed by atoms with van der Waals surface area (Å²) in [7, 11) is 0. The fourth-order valence-electron chi connectivity index (χ4n) is 5.72. The van der Waals surface area contributed by atoms with E-state index in [2.05, 4.69) is 82.3 Å². The summed E-state index contributed by atoms with van der Waals surface area (Å²) >= 11 is 0. The number of benzene rings is 3. The molecule has 0 unspecified atom stereocenters. The van der Waals surface area contributed by atoms with Gasteiger partial charge in [-0.1, -0.05) is 54.6 Å². The molecule has 3 aliphatic rings. The second kappa shape index (κ2) is 4.39. The van der Waals surface area contributed by atoms with Gasteiger partial charge in [-0.15, -0.1) is 0 Å². The van der Waals surface area contributed by atoms with Gasteiger partial charge in [0.2, 0.25) is 0 Å². The highest BCUT2D eigenvalue weighted by Gasteiger charge is 2.50. The Balaban J connectivity index is 2.04. The van der Waals surface area contributed by atoms with Gasteiger partial charge in [0, 0.05) is 11.3 Å². The molecule has 3 aliphatic carbocycles. The fourth-order valence-corrected chi connectivity index (χ4v) is 5.72. The summed E-state index contributed by atoms with van der Waals surface area (Å²) in [6, 6.07) is 20.6. The lowest BCUT2D eigenvalue weighted by molar-refractivity contribution is 0.581. The molecule has 0 fully saturated rings. The summed E-state index contributed by atoms with van der Waals surface area (Å²) in [5.41, 5.74) is 13.4. The minimum atomic E-state index is -0.0449. The zero-order valence-electron chi connectivity index (χ0n) is 14.8. The van der Waals surface area contributed by atoms with E-state index in [9.17, 15) is 0 Å². The van der Waals surface area contributed by atoms with E-state index in [0.717, 1.165) is 0 Å². The van der Waals surface area contributed by atoms with Gasteiger partial charge in [0.15, 0.2) is 0 Å². The van der Waals surface area contributed by atoms with Crippen LogP contribution in [-0.2, 0) is 5.41 Å². The molecule has 0 saturated heterocycles. The molecular weight excluding hydrogens is 288 g/mol. The molecule has 2 bridgehead atoms. The molecule has 0 amide bonds. The van der Waals surface area contributed by atoms with Gasteiger partial charge in [-0.2, -0.15) is 0 Å². The highest BCUT2D eigenvalue weighted by molar-refractivity contribution is 5.74. The van der Waals surface area contributed by atoms with E-state index in [4.69, 9.17) is 0 Å². The molecule has 3 aromatic rings. The van der Waals surface area contributed by atoms with E-state index in [1.54, 1.807) is 16.7 Å².